The molecule has 3 atom stereocenters. The van der Waals surface area contributed by atoms with E-state index >= 15 is 0 Å². The van der Waals surface area contributed by atoms with E-state index in [1.807, 2.05) is 0 Å². The van der Waals surface area contributed by atoms with Crippen molar-refractivity contribution in [1.29, 1.82) is 0 Å². The molecule has 1 heterocycles. The number of fused-ring (bicyclic) bond motifs is 1. The van der Waals surface area contributed by atoms with Crippen molar-refractivity contribution in [2.75, 3.05) is 0 Å². The molecular weight excluding hydrogens is 424 g/mol. The Bertz CT molecular complexity index is 911. The van der Waals surface area contributed by atoms with E-state index in [4.69, 9.17) is 8.85 Å². The molecule has 3 aromatic rings. The lowest BCUT2D eigenvalue weighted by Gasteiger charge is -2.40. The molecule has 1 saturated carbocycles. The standard InChI is InChI=1S/C28H34O2Si2/c1-31(2,21-20-23-18-19-27-28(22-23)29-27)30-32(24-12-6-3-7-13-24,25-14-8-4-9-15-25)26-16-10-5-11-17-26/h3-17,23,27-28H,18-22H2,1-2H3. The third kappa shape index (κ3) is 4.55. The zero-order valence-electron chi connectivity index (χ0n) is 19.2. The van der Waals surface area contributed by atoms with Crippen LogP contribution in [0.15, 0.2) is 91.0 Å². The van der Waals surface area contributed by atoms with E-state index in [9.17, 15) is 0 Å². The van der Waals surface area contributed by atoms with Gasteiger partial charge in [0, 0.05) is 0 Å². The van der Waals surface area contributed by atoms with E-state index in [0.717, 1.165) is 5.92 Å². The Balaban J connectivity index is 1.50. The molecule has 2 nitrogen and oxygen atoms in total. The Morgan fingerprint density at radius 2 is 1.22 bits per heavy atom. The van der Waals surface area contributed by atoms with Crippen LogP contribution in [0.2, 0.25) is 19.1 Å². The van der Waals surface area contributed by atoms with Crippen LogP contribution in [0.25, 0.3) is 0 Å². The van der Waals surface area contributed by atoms with Gasteiger partial charge in [0.15, 0.2) is 8.32 Å². The summed E-state index contributed by atoms with van der Waals surface area (Å²) in [6.45, 7) is 4.87. The van der Waals surface area contributed by atoms with Crippen LogP contribution >= 0.6 is 0 Å². The quantitative estimate of drug-likeness (QED) is 0.274. The average Bonchev–Trinajstić information content (AvgIpc) is 3.62. The molecule has 1 aliphatic heterocycles. The van der Waals surface area contributed by atoms with Crippen molar-refractivity contribution >= 4 is 32.2 Å². The smallest absolute Gasteiger partial charge is 0.278 e. The van der Waals surface area contributed by atoms with E-state index in [1.54, 1.807) is 0 Å². The van der Waals surface area contributed by atoms with Crippen molar-refractivity contribution in [3.05, 3.63) is 91.0 Å². The lowest BCUT2D eigenvalue weighted by molar-refractivity contribution is 0.355. The minimum absolute atomic E-state index is 0.561. The Hall–Kier alpha value is -1.99. The third-order valence-electron chi connectivity index (χ3n) is 7.24. The normalized spacial score (nSPS) is 22.9. The van der Waals surface area contributed by atoms with Crippen LogP contribution in [0.3, 0.4) is 0 Å². The van der Waals surface area contributed by atoms with Gasteiger partial charge in [0.2, 0.25) is 0 Å². The van der Waals surface area contributed by atoms with Crippen molar-refractivity contribution in [3.8, 4) is 0 Å². The lowest BCUT2D eigenvalue weighted by atomic mass is 9.88. The maximum Gasteiger partial charge on any atom is 0.278 e. The van der Waals surface area contributed by atoms with Crippen LogP contribution in [0.5, 0.6) is 0 Å². The van der Waals surface area contributed by atoms with Crippen molar-refractivity contribution in [2.45, 2.75) is 57.0 Å². The van der Waals surface area contributed by atoms with E-state index < -0.39 is 16.6 Å². The first-order chi connectivity index (χ1) is 15.6. The van der Waals surface area contributed by atoms with Crippen molar-refractivity contribution in [3.63, 3.8) is 0 Å². The molecule has 0 bridgehead atoms. The second-order valence-electron chi connectivity index (χ2n) is 10.1. The van der Waals surface area contributed by atoms with Crippen molar-refractivity contribution in [2.24, 2.45) is 5.92 Å². The van der Waals surface area contributed by atoms with Gasteiger partial charge in [-0.3, -0.25) is 0 Å². The van der Waals surface area contributed by atoms with E-state index in [0.29, 0.717) is 12.2 Å². The molecule has 2 aliphatic rings. The molecule has 32 heavy (non-hydrogen) atoms. The number of ether oxygens (including phenoxy) is 1. The molecule has 166 valence electrons. The monoisotopic (exact) mass is 458 g/mol. The van der Waals surface area contributed by atoms with E-state index in [-0.39, 0.29) is 0 Å². The van der Waals surface area contributed by atoms with Crippen LogP contribution in [0.1, 0.15) is 25.7 Å². The first-order valence-corrected chi connectivity index (χ1v) is 17.1. The summed E-state index contributed by atoms with van der Waals surface area (Å²) in [6.07, 6.45) is 6.26. The molecule has 1 aliphatic carbocycles. The van der Waals surface area contributed by atoms with Crippen LogP contribution in [-0.4, -0.2) is 28.8 Å². The van der Waals surface area contributed by atoms with Crippen molar-refractivity contribution in [1.82, 2.24) is 0 Å². The average molecular weight is 459 g/mol. The number of rotatable bonds is 8. The molecule has 0 amide bonds. The first kappa shape index (κ1) is 21.8. The number of hydrogen-bond donors (Lipinski definition) is 0. The minimum Gasteiger partial charge on any atom is -0.446 e. The summed E-state index contributed by atoms with van der Waals surface area (Å²) in [7, 11) is -4.57. The number of hydrogen-bond acceptors (Lipinski definition) is 2. The largest absolute Gasteiger partial charge is 0.446 e. The number of epoxide rings is 1. The molecule has 1 saturated heterocycles. The zero-order valence-corrected chi connectivity index (χ0v) is 21.2. The second-order valence-corrected chi connectivity index (χ2v) is 18.0. The Morgan fingerprint density at radius 3 is 1.69 bits per heavy atom. The van der Waals surface area contributed by atoms with Gasteiger partial charge >= 0.3 is 0 Å². The van der Waals surface area contributed by atoms with Crippen LogP contribution in [-0.2, 0) is 8.85 Å². The highest BCUT2D eigenvalue weighted by molar-refractivity contribution is 7.10. The van der Waals surface area contributed by atoms with Gasteiger partial charge in [-0.15, -0.1) is 0 Å². The summed E-state index contributed by atoms with van der Waals surface area (Å²) in [4.78, 5) is 0. The second kappa shape index (κ2) is 9.10. The highest BCUT2D eigenvalue weighted by Gasteiger charge is 2.47. The van der Waals surface area contributed by atoms with E-state index in [1.165, 1.54) is 47.3 Å². The van der Waals surface area contributed by atoms with Gasteiger partial charge in [0.05, 0.1) is 12.2 Å². The van der Waals surface area contributed by atoms with Gasteiger partial charge in [0.25, 0.3) is 8.32 Å². The predicted molar refractivity (Wildman–Crippen MR) is 138 cm³/mol. The number of benzene rings is 3. The molecule has 2 fully saturated rings. The molecule has 5 rings (SSSR count). The molecule has 3 aromatic carbocycles. The van der Waals surface area contributed by atoms with Gasteiger partial charge in [-0.1, -0.05) is 97.4 Å². The Morgan fingerprint density at radius 1 is 0.719 bits per heavy atom. The fourth-order valence-corrected chi connectivity index (χ4v) is 14.7. The fourth-order valence-electron chi connectivity index (χ4n) is 5.46. The van der Waals surface area contributed by atoms with Crippen LogP contribution in [0.4, 0.5) is 0 Å². The summed E-state index contributed by atoms with van der Waals surface area (Å²) in [5.74, 6) is 0.801. The molecule has 0 spiro atoms. The minimum atomic E-state index is -2.61. The zero-order chi connectivity index (χ0) is 22.0. The molecule has 0 N–H and O–H groups in total. The first-order valence-electron chi connectivity index (χ1n) is 12.1. The van der Waals surface area contributed by atoms with Crippen LogP contribution in [0, 0.1) is 5.92 Å². The van der Waals surface area contributed by atoms with Crippen molar-refractivity contribution < 1.29 is 8.85 Å². The maximum atomic E-state index is 7.56. The summed E-state index contributed by atoms with van der Waals surface area (Å²) >= 11 is 0. The summed E-state index contributed by atoms with van der Waals surface area (Å²) in [5.41, 5.74) is 0. The van der Waals surface area contributed by atoms with E-state index in [2.05, 4.69) is 104 Å². The maximum absolute atomic E-state index is 7.56. The summed E-state index contributed by atoms with van der Waals surface area (Å²) < 4.78 is 13.3. The highest BCUT2D eigenvalue weighted by Crippen LogP contribution is 2.41. The van der Waals surface area contributed by atoms with Gasteiger partial charge in [-0.05, 0) is 59.9 Å². The van der Waals surface area contributed by atoms with Crippen LogP contribution < -0.4 is 15.6 Å². The SMILES string of the molecule is C[Si](C)(CCC1CCC2OC2C1)O[Si](c1ccccc1)(c1ccccc1)c1ccccc1. The van der Waals surface area contributed by atoms with Gasteiger partial charge in [-0.2, -0.15) is 0 Å². The molecule has 4 heteroatoms. The Kier molecular flexibility index (Phi) is 6.21. The van der Waals surface area contributed by atoms with Gasteiger partial charge < -0.3 is 8.85 Å². The third-order valence-corrected chi connectivity index (χ3v) is 15.6. The molecular formula is C28H34O2Si2. The van der Waals surface area contributed by atoms with Gasteiger partial charge in [0.1, 0.15) is 0 Å². The Labute approximate surface area is 194 Å². The van der Waals surface area contributed by atoms with Gasteiger partial charge in [-0.25, -0.2) is 0 Å². The molecule has 0 radical (unpaired) electrons. The lowest BCUT2D eigenvalue weighted by Crippen LogP contribution is -2.72. The fraction of sp³-hybridized carbons (Fsp3) is 0.357. The molecule has 0 aromatic heterocycles. The summed E-state index contributed by atoms with van der Waals surface area (Å²) in [5, 5.41) is 4.01. The molecule has 3 unspecified atom stereocenters. The summed E-state index contributed by atoms with van der Waals surface area (Å²) in [6, 6.07) is 34.2. The highest BCUT2D eigenvalue weighted by atomic mass is 28.4. The predicted octanol–water partition coefficient (Wildman–Crippen LogP) is 4.83. The topological polar surface area (TPSA) is 21.8 Å².